The quantitative estimate of drug-likeness (QED) is 0.622. The van der Waals surface area contributed by atoms with Crippen molar-refractivity contribution in [3.05, 3.63) is 48.2 Å². The molecule has 1 aromatic rings. The Kier molecular flexibility index (Phi) is 3.59. The minimum atomic E-state index is 0.251. The van der Waals surface area contributed by atoms with Gasteiger partial charge in [0.25, 0.3) is 0 Å². The van der Waals surface area contributed by atoms with Crippen LogP contribution in [-0.4, -0.2) is 30.4 Å². The van der Waals surface area contributed by atoms with Gasteiger partial charge in [0.15, 0.2) is 5.78 Å². The lowest BCUT2D eigenvalue weighted by Gasteiger charge is -2.41. The van der Waals surface area contributed by atoms with E-state index in [0.717, 1.165) is 42.9 Å². The van der Waals surface area contributed by atoms with Gasteiger partial charge >= 0.3 is 0 Å². The number of benzene rings is 1. The molecule has 3 nitrogen and oxygen atoms in total. The molecule has 2 bridgehead atoms. The first kappa shape index (κ1) is 13.0. The van der Waals surface area contributed by atoms with E-state index in [1.165, 1.54) is 0 Å². The number of ketones is 1. The molecule has 0 unspecified atom stereocenters. The van der Waals surface area contributed by atoms with Gasteiger partial charge < -0.3 is 9.64 Å². The molecule has 1 aromatic carbocycles. The average molecular weight is 269 g/mol. The Hall–Kier alpha value is -2.03. The first-order chi connectivity index (χ1) is 9.78. The van der Waals surface area contributed by atoms with Gasteiger partial charge in [0, 0.05) is 19.0 Å². The smallest absolute Gasteiger partial charge is 0.182 e. The van der Waals surface area contributed by atoms with Crippen LogP contribution in [0.4, 0.5) is 0 Å². The molecule has 3 saturated heterocycles. The van der Waals surface area contributed by atoms with Crippen molar-refractivity contribution in [1.82, 2.24) is 4.90 Å². The fourth-order valence-electron chi connectivity index (χ4n) is 2.88. The number of hydrogen-bond donors (Lipinski definition) is 0. The highest BCUT2D eigenvalue weighted by molar-refractivity contribution is 6.01. The maximum atomic E-state index is 12.3. The third-order valence-electron chi connectivity index (χ3n) is 4.01. The second kappa shape index (κ2) is 5.53. The van der Waals surface area contributed by atoms with Crippen molar-refractivity contribution >= 4 is 11.9 Å². The van der Waals surface area contributed by atoms with E-state index in [0.29, 0.717) is 12.4 Å². The number of nitrogens with zero attached hydrogens (tertiary/aromatic N) is 1. The van der Waals surface area contributed by atoms with Crippen LogP contribution in [0.1, 0.15) is 18.4 Å². The van der Waals surface area contributed by atoms with Crippen molar-refractivity contribution in [3.8, 4) is 5.75 Å². The number of carbonyl (C=O) groups is 1. The molecule has 0 spiro atoms. The fourth-order valence-corrected chi connectivity index (χ4v) is 2.88. The average Bonchev–Trinajstić information content (AvgIpc) is 2.50. The van der Waals surface area contributed by atoms with Crippen molar-refractivity contribution in [2.75, 3.05) is 19.7 Å². The van der Waals surface area contributed by atoms with Gasteiger partial charge in [-0.1, -0.05) is 24.8 Å². The van der Waals surface area contributed by atoms with E-state index >= 15 is 0 Å². The molecule has 0 aromatic heterocycles. The normalized spacial score (nSPS) is 20.5. The van der Waals surface area contributed by atoms with Gasteiger partial charge in [0.1, 0.15) is 12.4 Å². The standard InChI is InChI=1S/C17H19NO2/c1-2-11-20-15-5-3-13(4-6-15)12-16-17(19)14-7-9-18(16)10-8-14/h2-6,12,14H,1,7-11H2. The molecule has 3 heterocycles. The van der Waals surface area contributed by atoms with Gasteiger partial charge in [0.2, 0.25) is 0 Å². The summed E-state index contributed by atoms with van der Waals surface area (Å²) in [6.45, 7) is 6.16. The summed E-state index contributed by atoms with van der Waals surface area (Å²) in [7, 11) is 0. The van der Waals surface area contributed by atoms with E-state index in [9.17, 15) is 4.79 Å². The van der Waals surface area contributed by atoms with E-state index < -0.39 is 0 Å². The Morgan fingerprint density at radius 3 is 2.55 bits per heavy atom. The molecule has 0 atom stereocenters. The molecule has 3 heteroatoms. The Morgan fingerprint density at radius 2 is 1.95 bits per heavy atom. The zero-order chi connectivity index (χ0) is 13.9. The van der Waals surface area contributed by atoms with Gasteiger partial charge in [-0.25, -0.2) is 0 Å². The summed E-state index contributed by atoms with van der Waals surface area (Å²) in [6.07, 6.45) is 5.76. The number of allylic oxidation sites excluding steroid dienone is 1. The van der Waals surface area contributed by atoms with Crippen LogP contribution in [0.15, 0.2) is 42.6 Å². The third kappa shape index (κ3) is 2.48. The zero-order valence-corrected chi connectivity index (χ0v) is 11.5. The van der Waals surface area contributed by atoms with Crippen LogP contribution in [0.25, 0.3) is 6.08 Å². The van der Waals surface area contributed by atoms with Crippen molar-refractivity contribution < 1.29 is 9.53 Å². The molecule has 3 fully saturated rings. The molecule has 0 radical (unpaired) electrons. The molecule has 104 valence electrons. The van der Waals surface area contributed by atoms with Crippen LogP contribution in [-0.2, 0) is 4.79 Å². The van der Waals surface area contributed by atoms with Crippen molar-refractivity contribution in [3.63, 3.8) is 0 Å². The molecule has 4 rings (SSSR count). The molecule has 0 amide bonds. The van der Waals surface area contributed by atoms with E-state index in [1.54, 1.807) is 6.08 Å². The minimum absolute atomic E-state index is 0.251. The Balaban J connectivity index is 1.78. The summed E-state index contributed by atoms with van der Waals surface area (Å²) < 4.78 is 5.45. The van der Waals surface area contributed by atoms with Crippen LogP contribution in [0.2, 0.25) is 0 Å². The van der Waals surface area contributed by atoms with Crippen LogP contribution in [0.3, 0.4) is 0 Å². The molecule has 3 aliphatic heterocycles. The second-order valence-corrected chi connectivity index (χ2v) is 5.32. The maximum Gasteiger partial charge on any atom is 0.182 e. The second-order valence-electron chi connectivity index (χ2n) is 5.32. The number of Topliss-reactive ketones (excluding diaryl/α,β-unsaturated/α-hetero) is 1. The predicted octanol–water partition coefficient (Wildman–Crippen LogP) is 2.89. The van der Waals surface area contributed by atoms with Gasteiger partial charge in [0.05, 0.1) is 5.70 Å². The molecule has 3 aliphatic rings. The maximum absolute atomic E-state index is 12.3. The number of fused-ring (bicyclic) bond motifs is 3. The SMILES string of the molecule is C=CCOc1ccc(C=C2C(=O)C3CCN2CC3)cc1. The van der Waals surface area contributed by atoms with E-state index in [1.807, 2.05) is 30.3 Å². The summed E-state index contributed by atoms with van der Waals surface area (Å²) >= 11 is 0. The molecule has 20 heavy (non-hydrogen) atoms. The number of rotatable bonds is 4. The third-order valence-corrected chi connectivity index (χ3v) is 4.01. The van der Waals surface area contributed by atoms with Crippen molar-refractivity contribution in [2.45, 2.75) is 12.8 Å². The van der Waals surface area contributed by atoms with E-state index in [4.69, 9.17) is 4.74 Å². The summed E-state index contributed by atoms with van der Waals surface area (Å²) in [5.74, 6) is 1.39. The van der Waals surface area contributed by atoms with E-state index in [2.05, 4.69) is 11.5 Å². The molecular formula is C17H19NO2. The summed E-state index contributed by atoms with van der Waals surface area (Å²) in [5, 5.41) is 0. The van der Waals surface area contributed by atoms with Crippen LogP contribution in [0.5, 0.6) is 5.75 Å². The highest BCUT2D eigenvalue weighted by atomic mass is 16.5. The molecular weight excluding hydrogens is 250 g/mol. The van der Waals surface area contributed by atoms with E-state index in [-0.39, 0.29) is 5.92 Å². The number of ether oxygens (including phenoxy) is 1. The number of carbonyl (C=O) groups excluding carboxylic acids is 1. The summed E-state index contributed by atoms with van der Waals surface area (Å²) in [4.78, 5) is 14.5. The van der Waals surface area contributed by atoms with Gasteiger partial charge in [-0.15, -0.1) is 0 Å². The van der Waals surface area contributed by atoms with Crippen LogP contribution < -0.4 is 4.74 Å². The van der Waals surface area contributed by atoms with Crippen LogP contribution in [0, 0.1) is 5.92 Å². The highest BCUT2D eigenvalue weighted by Gasteiger charge is 2.36. The van der Waals surface area contributed by atoms with Gasteiger partial charge in [-0.3, -0.25) is 4.79 Å². The van der Waals surface area contributed by atoms with Crippen LogP contribution >= 0.6 is 0 Å². The highest BCUT2D eigenvalue weighted by Crippen LogP contribution is 2.32. The predicted molar refractivity (Wildman–Crippen MR) is 79.4 cm³/mol. The largest absolute Gasteiger partial charge is 0.490 e. The topological polar surface area (TPSA) is 29.5 Å². The summed E-state index contributed by atoms with van der Waals surface area (Å²) in [6, 6.07) is 7.83. The molecule has 0 aliphatic carbocycles. The van der Waals surface area contributed by atoms with Crippen molar-refractivity contribution in [2.24, 2.45) is 5.92 Å². The first-order valence-corrected chi connectivity index (χ1v) is 7.12. The minimum Gasteiger partial charge on any atom is -0.490 e. The van der Waals surface area contributed by atoms with Gasteiger partial charge in [-0.2, -0.15) is 0 Å². The Morgan fingerprint density at radius 1 is 1.25 bits per heavy atom. The lowest BCUT2D eigenvalue weighted by molar-refractivity contribution is -0.125. The Labute approximate surface area is 119 Å². The first-order valence-electron chi connectivity index (χ1n) is 7.12. The zero-order valence-electron chi connectivity index (χ0n) is 11.5. The van der Waals surface area contributed by atoms with Crippen molar-refractivity contribution in [1.29, 1.82) is 0 Å². The number of hydrogen-bond acceptors (Lipinski definition) is 3. The molecule has 0 N–H and O–H groups in total. The lowest BCUT2D eigenvalue weighted by Crippen LogP contribution is -2.45. The summed E-state index contributed by atoms with van der Waals surface area (Å²) in [5.41, 5.74) is 1.93. The van der Waals surface area contributed by atoms with Gasteiger partial charge in [-0.05, 0) is 36.6 Å². The monoisotopic (exact) mass is 269 g/mol. The fraction of sp³-hybridized carbons (Fsp3) is 0.353. The Bertz CT molecular complexity index is 537. The lowest BCUT2D eigenvalue weighted by atomic mass is 9.84. The molecule has 0 saturated carbocycles. The number of piperidine rings is 3.